The van der Waals surface area contributed by atoms with Gasteiger partial charge in [0.15, 0.2) is 0 Å². The van der Waals surface area contributed by atoms with Gasteiger partial charge in [0.1, 0.15) is 0 Å². The first kappa shape index (κ1) is 17.7. The maximum absolute atomic E-state index is 12.5. The summed E-state index contributed by atoms with van der Waals surface area (Å²) in [7, 11) is 0. The molecule has 0 spiro atoms. The number of benzene rings is 1. The summed E-state index contributed by atoms with van der Waals surface area (Å²) < 4.78 is 0. The largest absolute Gasteiger partial charge is 0.483 e. The summed E-state index contributed by atoms with van der Waals surface area (Å²) in [5.41, 5.74) is 4.05. The quantitative estimate of drug-likeness (QED) is 0.848. The molecule has 2 N–H and O–H groups in total. The Hall–Kier alpha value is -2.63. The number of aryl methyl sites for hydroxylation is 1. The van der Waals surface area contributed by atoms with E-state index >= 15 is 0 Å². The van der Waals surface area contributed by atoms with E-state index in [1.165, 1.54) is 6.42 Å². The molecule has 0 radical (unpaired) electrons. The van der Waals surface area contributed by atoms with Crippen LogP contribution in [0.1, 0.15) is 46.6 Å². The Bertz CT molecular complexity index is 676. The highest BCUT2D eigenvalue weighted by Gasteiger charge is 2.18. The highest BCUT2D eigenvalue weighted by Crippen LogP contribution is 2.16. The number of piperidine rings is 1. The lowest BCUT2D eigenvalue weighted by molar-refractivity contribution is -0.122. The van der Waals surface area contributed by atoms with Gasteiger partial charge in [0.2, 0.25) is 0 Å². The number of amides is 1. The van der Waals surface area contributed by atoms with Gasteiger partial charge in [-0.3, -0.25) is 9.59 Å². The third-order valence-corrected chi connectivity index (χ3v) is 4.12. The van der Waals surface area contributed by atoms with Crippen LogP contribution < -0.4 is 0 Å². The zero-order chi connectivity index (χ0) is 17.4. The van der Waals surface area contributed by atoms with Gasteiger partial charge in [-0.1, -0.05) is 12.1 Å². The molecule has 6 nitrogen and oxygen atoms in total. The van der Waals surface area contributed by atoms with Gasteiger partial charge in [-0.15, -0.1) is 0 Å². The topological polar surface area (TPSA) is 86.3 Å². The van der Waals surface area contributed by atoms with Gasteiger partial charge >= 0.3 is 0 Å². The Morgan fingerprint density at radius 2 is 2.04 bits per heavy atom. The molecule has 6 heteroatoms. The molecule has 1 amide bonds. The van der Waals surface area contributed by atoms with E-state index in [1.54, 1.807) is 6.33 Å². The lowest BCUT2D eigenvalue weighted by Gasteiger charge is -2.26. The van der Waals surface area contributed by atoms with Crippen molar-refractivity contribution in [2.75, 3.05) is 13.1 Å². The minimum atomic E-state index is -0.250. The van der Waals surface area contributed by atoms with Gasteiger partial charge in [-0.2, -0.15) is 0 Å². The van der Waals surface area contributed by atoms with Crippen LogP contribution >= 0.6 is 0 Å². The number of carbonyl (C=O) groups excluding carboxylic acids is 1. The van der Waals surface area contributed by atoms with Crippen LogP contribution in [0.15, 0.2) is 30.6 Å². The summed E-state index contributed by atoms with van der Waals surface area (Å²) >= 11 is 0. The maximum Gasteiger partial charge on any atom is 0.290 e. The van der Waals surface area contributed by atoms with Crippen LogP contribution in [0.5, 0.6) is 0 Å². The first-order valence-corrected chi connectivity index (χ1v) is 8.10. The number of carboxylic acid groups (broad SMARTS) is 1. The zero-order valence-corrected chi connectivity index (χ0v) is 13.9. The van der Waals surface area contributed by atoms with E-state index in [-0.39, 0.29) is 12.4 Å². The molecule has 1 saturated heterocycles. The first-order valence-electron chi connectivity index (χ1n) is 8.10. The van der Waals surface area contributed by atoms with Crippen LogP contribution in [-0.4, -0.2) is 45.4 Å². The molecule has 128 valence electrons. The molecular formula is C18H23N3O3. The molecule has 1 aromatic heterocycles. The second kappa shape index (κ2) is 8.86. The molecule has 1 aliphatic heterocycles. The number of rotatable bonds is 3. The second-order valence-corrected chi connectivity index (χ2v) is 5.81. The van der Waals surface area contributed by atoms with E-state index in [2.05, 4.69) is 16.0 Å². The van der Waals surface area contributed by atoms with Crippen molar-refractivity contribution in [1.82, 2.24) is 14.9 Å². The van der Waals surface area contributed by atoms with E-state index in [0.29, 0.717) is 0 Å². The smallest absolute Gasteiger partial charge is 0.290 e. The van der Waals surface area contributed by atoms with Crippen molar-refractivity contribution in [2.45, 2.75) is 32.6 Å². The second-order valence-electron chi connectivity index (χ2n) is 5.81. The van der Waals surface area contributed by atoms with Gasteiger partial charge in [0.25, 0.3) is 12.4 Å². The number of aromatic amines is 1. The van der Waals surface area contributed by atoms with Crippen molar-refractivity contribution in [3.05, 3.63) is 53.1 Å². The number of likely N-dealkylation sites (tertiary alicyclic amines) is 1. The number of imidazole rings is 1. The number of aromatic nitrogens is 2. The fourth-order valence-electron chi connectivity index (χ4n) is 2.85. The van der Waals surface area contributed by atoms with Crippen molar-refractivity contribution in [2.24, 2.45) is 0 Å². The minimum Gasteiger partial charge on any atom is -0.483 e. The van der Waals surface area contributed by atoms with Gasteiger partial charge < -0.3 is 15.0 Å². The Balaban J connectivity index is 0.000000647. The average molecular weight is 329 g/mol. The lowest BCUT2D eigenvalue weighted by atomic mass is 10.0. The van der Waals surface area contributed by atoms with Crippen molar-refractivity contribution in [1.29, 1.82) is 0 Å². The Morgan fingerprint density at radius 1 is 1.33 bits per heavy atom. The Morgan fingerprint density at radius 3 is 2.67 bits per heavy atom. The molecule has 3 rings (SSSR count). The van der Waals surface area contributed by atoms with E-state index in [1.807, 2.05) is 30.0 Å². The zero-order valence-electron chi connectivity index (χ0n) is 13.9. The van der Waals surface area contributed by atoms with Gasteiger partial charge in [0.05, 0.1) is 12.0 Å². The monoisotopic (exact) mass is 329 g/mol. The average Bonchev–Trinajstić information content (AvgIpc) is 3.01. The number of hydrogen-bond donors (Lipinski definition) is 2. The number of carbonyl (C=O) groups is 2. The van der Waals surface area contributed by atoms with Crippen LogP contribution in [0.2, 0.25) is 0 Å². The van der Waals surface area contributed by atoms with E-state index in [9.17, 15) is 4.79 Å². The molecule has 2 aromatic rings. The number of nitrogens with zero attached hydrogens (tertiary/aromatic N) is 2. The molecule has 2 heterocycles. The number of hydrogen-bond acceptors (Lipinski definition) is 3. The van der Waals surface area contributed by atoms with Crippen molar-refractivity contribution in [3.63, 3.8) is 0 Å². The van der Waals surface area contributed by atoms with E-state index in [0.717, 1.165) is 54.9 Å². The van der Waals surface area contributed by atoms with Crippen LogP contribution in [0.25, 0.3) is 0 Å². The predicted molar refractivity (Wildman–Crippen MR) is 91.0 cm³/mol. The van der Waals surface area contributed by atoms with Crippen LogP contribution in [0, 0.1) is 6.92 Å². The molecule has 0 saturated carbocycles. The van der Waals surface area contributed by atoms with E-state index < -0.39 is 0 Å². The summed E-state index contributed by atoms with van der Waals surface area (Å²) in [4.78, 5) is 30.3. The summed E-state index contributed by atoms with van der Waals surface area (Å²) in [6.07, 6.45) is 5.96. The minimum absolute atomic E-state index is 0.162. The third-order valence-electron chi connectivity index (χ3n) is 4.12. The Kier molecular flexibility index (Phi) is 6.54. The SMILES string of the molecule is Cc1[nH]cnc1Cc1cccc(C(=O)N2CCCCC2)c1.O=CO. The molecule has 1 aliphatic rings. The predicted octanol–water partition coefficient (Wildman–Crippen LogP) is 2.64. The lowest BCUT2D eigenvalue weighted by Crippen LogP contribution is -2.35. The molecule has 0 unspecified atom stereocenters. The maximum atomic E-state index is 12.5. The molecule has 0 bridgehead atoms. The van der Waals surface area contributed by atoms with Gasteiger partial charge in [0, 0.05) is 30.8 Å². The van der Waals surface area contributed by atoms with Crippen molar-refractivity contribution in [3.8, 4) is 0 Å². The summed E-state index contributed by atoms with van der Waals surface area (Å²) in [5.74, 6) is 0.162. The fraction of sp³-hybridized carbons (Fsp3) is 0.389. The summed E-state index contributed by atoms with van der Waals surface area (Å²) in [6.45, 7) is 3.55. The van der Waals surface area contributed by atoms with E-state index in [4.69, 9.17) is 9.90 Å². The fourth-order valence-corrected chi connectivity index (χ4v) is 2.85. The molecule has 0 atom stereocenters. The Labute approximate surface area is 141 Å². The van der Waals surface area contributed by atoms with Crippen molar-refractivity contribution >= 4 is 12.4 Å². The highest BCUT2D eigenvalue weighted by atomic mass is 16.3. The third kappa shape index (κ3) is 4.68. The molecule has 24 heavy (non-hydrogen) atoms. The molecule has 1 aromatic carbocycles. The van der Waals surface area contributed by atoms with Gasteiger partial charge in [-0.05, 0) is 43.9 Å². The van der Waals surface area contributed by atoms with Crippen LogP contribution in [0.4, 0.5) is 0 Å². The summed E-state index contributed by atoms with van der Waals surface area (Å²) in [6, 6.07) is 7.94. The standard InChI is InChI=1S/C17H21N3O.CH2O2/c1-13-16(19-12-18-13)11-14-6-5-7-15(10-14)17(21)20-8-3-2-4-9-20;2-1-3/h5-7,10,12H,2-4,8-9,11H2,1H3,(H,18,19);1H,(H,2,3). The number of nitrogens with one attached hydrogen (secondary N) is 1. The molecule has 0 aliphatic carbocycles. The van der Waals surface area contributed by atoms with Crippen LogP contribution in [-0.2, 0) is 11.2 Å². The summed E-state index contributed by atoms with van der Waals surface area (Å²) in [5, 5.41) is 6.89. The number of H-pyrrole nitrogens is 1. The normalized spacial score (nSPS) is 13.8. The van der Waals surface area contributed by atoms with Crippen molar-refractivity contribution < 1.29 is 14.7 Å². The first-order chi connectivity index (χ1) is 11.7. The molecular weight excluding hydrogens is 306 g/mol. The van der Waals surface area contributed by atoms with Crippen LogP contribution in [0.3, 0.4) is 0 Å². The van der Waals surface area contributed by atoms with Gasteiger partial charge in [-0.25, -0.2) is 4.98 Å². The molecule has 1 fully saturated rings. The highest BCUT2D eigenvalue weighted by molar-refractivity contribution is 5.94.